The van der Waals surface area contributed by atoms with Gasteiger partial charge in [0.2, 0.25) is 5.91 Å². The fourth-order valence-corrected chi connectivity index (χ4v) is 1.86. The van der Waals surface area contributed by atoms with Crippen LogP contribution in [0.5, 0.6) is 0 Å². The summed E-state index contributed by atoms with van der Waals surface area (Å²) < 4.78 is 0. The number of aliphatic carboxylic acids is 1. The lowest BCUT2D eigenvalue weighted by atomic mass is 9.97. The first kappa shape index (κ1) is 14.9. The van der Waals surface area contributed by atoms with Crippen molar-refractivity contribution in [3.8, 4) is 0 Å². The molecule has 1 aliphatic heterocycles. The Morgan fingerprint density at radius 3 is 2.11 bits per heavy atom. The van der Waals surface area contributed by atoms with E-state index in [-0.39, 0.29) is 5.91 Å². The van der Waals surface area contributed by atoms with Crippen molar-refractivity contribution in [2.45, 2.75) is 38.8 Å². The zero-order valence-corrected chi connectivity index (χ0v) is 11.5. The highest BCUT2D eigenvalue weighted by Crippen LogP contribution is 2.17. The van der Waals surface area contributed by atoms with Crippen LogP contribution in [-0.4, -0.2) is 59.1 Å². The van der Waals surface area contributed by atoms with Crippen LogP contribution in [0.4, 0.5) is 0 Å². The highest BCUT2D eigenvalue weighted by atomic mass is 16.4. The molecule has 1 rings (SSSR count). The molecule has 0 aromatic carbocycles. The Morgan fingerprint density at radius 1 is 1.17 bits per heavy atom. The molecule has 3 N–H and O–H groups in total. The minimum Gasteiger partial charge on any atom is -0.480 e. The summed E-state index contributed by atoms with van der Waals surface area (Å²) in [7, 11) is 0. The van der Waals surface area contributed by atoms with Crippen molar-refractivity contribution in [2.75, 3.05) is 26.2 Å². The SMILES string of the molecule is CC(C)(NC(=O)C(C)(C)N1CCNCC1)C(=O)O. The molecule has 0 bridgehead atoms. The van der Waals surface area contributed by atoms with Gasteiger partial charge >= 0.3 is 5.97 Å². The van der Waals surface area contributed by atoms with E-state index < -0.39 is 17.0 Å². The Balaban J connectivity index is 2.72. The number of nitrogens with zero attached hydrogens (tertiary/aromatic N) is 1. The Kier molecular flexibility index (Phi) is 4.34. The van der Waals surface area contributed by atoms with Gasteiger partial charge in [-0.15, -0.1) is 0 Å². The van der Waals surface area contributed by atoms with Crippen LogP contribution in [0.3, 0.4) is 0 Å². The number of hydrogen-bond donors (Lipinski definition) is 3. The van der Waals surface area contributed by atoms with Crippen LogP contribution >= 0.6 is 0 Å². The fourth-order valence-electron chi connectivity index (χ4n) is 1.86. The number of amides is 1. The molecule has 6 nitrogen and oxygen atoms in total. The maximum Gasteiger partial charge on any atom is 0.328 e. The van der Waals surface area contributed by atoms with Crippen molar-refractivity contribution in [3.63, 3.8) is 0 Å². The highest BCUT2D eigenvalue weighted by molar-refractivity contribution is 5.91. The van der Waals surface area contributed by atoms with Gasteiger partial charge in [0.15, 0.2) is 0 Å². The van der Waals surface area contributed by atoms with E-state index in [1.165, 1.54) is 13.8 Å². The Labute approximate surface area is 108 Å². The van der Waals surface area contributed by atoms with Gasteiger partial charge < -0.3 is 15.7 Å². The molecule has 0 saturated carbocycles. The van der Waals surface area contributed by atoms with Crippen LogP contribution in [0.2, 0.25) is 0 Å². The van der Waals surface area contributed by atoms with E-state index in [0.29, 0.717) is 0 Å². The Morgan fingerprint density at radius 2 is 1.67 bits per heavy atom. The summed E-state index contributed by atoms with van der Waals surface area (Å²) in [4.78, 5) is 25.3. The van der Waals surface area contributed by atoms with Crippen molar-refractivity contribution in [2.24, 2.45) is 0 Å². The molecule has 0 aromatic rings. The molecule has 1 saturated heterocycles. The van der Waals surface area contributed by atoms with Gasteiger partial charge in [-0.25, -0.2) is 4.79 Å². The summed E-state index contributed by atoms with van der Waals surface area (Å²) in [5.74, 6) is -1.29. The molecule has 18 heavy (non-hydrogen) atoms. The summed E-state index contributed by atoms with van der Waals surface area (Å²) in [5.41, 5.74) is -1.95. The highest BCUT2D eigenvalue weighted by Gasteiger charge is 2.39. The van der Waals surface area contributed by atoms with Gasteiger partial charge in [0.05, 0.1) is 5.54 Å². The largest absolute Gasteiger partial charge is 0.480 e. The predicted octanol–water partition coefficient (Wildman–Crippen LogP) is -0.350. The van der Waals surface area contributed by atoms with Crippen LogP contribution in [0.1, 0.15) is 27.7 Å². The molecule has 6 heteroatoms. The Hall–Kier alpha value is -1.14. The van der Waals surface area contributed by atoms with Crippen molar-refractivity contribution >= 4 is 11.9 Å². The standard InChI is InChI=1S/C12H23N3O3/c1-11(2,10(17)18)14-9(16)12(3,4)15-7-5-13-6-8-15/h13H,5-8H2,1-4H3,(H,14,16)(H,17,18). The third-order valence-corrected chi connectivity index (χ3v) is 3.42. The molecule has 0 radical (unpaired) electrons. The monoisotopic (exact) mass is 257 g/mol. The lowest BCUT2D eigenvalue weighted by molar-refractivity contribution is -0.148. The minimum absolute atomic E-state index is 0.253. The average Bonchev–Trinajstić information content (AvgIpc) is 2.29. The van der Waals surface area contributed by atoms with E-state index >= 15 is 0 Å². The number of nitrogens with one attached hydrogen (secondary N) is 2. The summed E-state index contributed by atoms with van der Waals surface area (Å²) in [6, 6.07) is 0. The molecule has 0 aromatic heterocycles. The summed E-state index contributed by atoms with van der Waals surface area (Å²) >= 11 is 0. The lowest BCUT2D eigenvalue weighted by Gasteiger charge is -2.41. The zero-order chi connectivity index (χ0) is 14.0. The molecule has 1 fully saturated rings. The molecule has 104 valence electrons. The molecule has 0 aliphatic carbocycles. The third-order valence-electron chi connectivity index (χ3n) is 3.42. The Bertz CT molecular complexity index is 333. The summed E-state index contributed by atoms with van der Waals surface area (Å²) in [6.07, 6.45) is 0. The zero-order valence-electron chi connectivity index (χ0n) is 11.5. The van der Waals surface area contributed by atoms with E-state index in [1.807, 2.05) is 13.8 Å². The second kappa shape index (κ2) is 5.24. The number of carboxylic acid groups (broad SMARTS) is 1. The van der Waals surface area contributed by atoms with Crippen LogP contribution in [0.15, 0.2) is 0 Å². The molecular weight excluding hydrogens is 234 g/mol. The van der Waals surface area contributed by atoms with Crippen LogP contribution in [0.25, 0.3) is 0 Å². The van der Waals surface area contributed by atoms with Crippen LogP contribution < -0.4 is 10.6 Å². The molecule has 1 amide bonds. The van der Waals surface area contributed by atoms with E-state index in [0.717, 1.165) is 26.2 Å². The fraction of sp³-hybridized carbons (Fsp3) is 0.833. The molecule has 0 spiro atoms. The van der Waals surface area contributed by atoms with Gasteiger partial charge in [0, 0.05) is 26.2 Å². The first-order valence-corrected chi connectivity index (χ1v) is 6.20. The van der Waals surface area contributed by atoms with E-state index in [4.69, 9.17) is 5.11 Å². The minimum atomic E-state index is -1.25. The number of rotatable bonds is 4. The quantitative estimate of drug-likeness (QED) is 0.641. The van der Waals surface area contributed by atoms with Gasteiger partial charge in [-0.2, -0.15) is 0 Å². The first-order chi connectivity index (χ1) is 8.18. The van der Waals surface area contributed by atoms with Gasteiger partial charge in [0.1, 0.15) is 5.54 Å². The van der Waals surface area contributed by atoms with E-state index in [2.05, 4.69) is 15.5 Å². The van der Waals surface area contributed by atoms with Gasteiger partial charge in [-0.1, -0.05) is 0 Å². The maximum absolute atomic E-state index is 12.2. The van der Waals surface area contributed by atoms with Crippen molar-refractivity contribution < 1.29 is 14.7 Å². The van der Waals surface area contributed by atoms with Gasteiger partial charge in [0.25, 0.3) is 0 Å². The lowest BCUT2D eigenvalue weighted by Crippen LogP contribution is -2.63. The van der Waals surface area contributed by atoms with Crippen LogP contribution in [-0.2, 0) is 9.59 Å². The normalized spacial score (nSPS) is 18.4. The number of hydrogen-bond acceptors (Lipinski definition) is 4. The molecular formula is C12H23N3O3. The number of piperazine rings is 1. The van der Waals surface area contributed by atoms with E-state index in [9.17, 15) is 9.59 Å². The second-order valence-corrected chi connectivity index (χ2v) is 5.68. The van der Waals surface area contributed by atoms with Crippen molar-refractivity contribution in [1.29, 1.82) is 0 Å². The van der Waals surface area contributed by atoms with Crippen molar-refractivity contribution in [1.82, 2.24) is 15.5 Å². The summed E-state index contributed by atoms with van der Waals surface area (Å²) in [5, 5.41) is 14.8. The molecule has 0 atom stereocenters. The van der Waals surface area contributed by atoms with Gasteiger partial charge in [-0.3, -0.25) is 9.69 Å². The third kappa shape index (κ3) is 3.20. The smallest absolute Gasteiger partial charge is 0.328 e. The maximum atomic E-state index is 12.2. The second-order valence-electron chi connectivity index (χ2n) is 5.68. The molecule has 1 aliphatic rings. The number of carbonyl (C=O) groups is 2. The predicted molar refractivity (Wildman–Crippen MR) is 68.4 cm³/mol. The molecule has 0 unspecified atom stereocenters. The first-order valence-electron chi connectivity index (χ1n) is 6.20. The number of carboxylic acids is 1. The average molecular weight is 257 g/mol. The van der Waals surface area contributed by atoms with Crippen molar-refractivity contribution in [3.05, 3.63) is 0 Å². The number of carbonyl (C=O) groups excluding carboxylic acids is 1. The van der Waals surface area contributed by atoms with Gasteiger partial charge in [-0.05, 0) is 27.7 Å². The molecule has 1 heterocycles. The van der Waals surface area contributed by atoms with Crippen LogP contribution in [0, 0.1) is 0 Å². The topological polar surface area (TPSA) is 81.7 Å². The van der Waals surface area contributed by atoms with E-state index in [1.54, 1.807) is 0 Å². The summed E-state index contributed by atoms with van der Waals surface area (Å²) in [6.45, 7) is 9.89.